The first-order chi connectivity index (χ1) is 14.9. The molecule has 3 amide bonds. The van der Waals surface area contributed by atoms with Crippen molar-refractivity contribution in [3.05, 3.63) is 71.5 Å². The fourth-order valence-electron chi connectivity index (χ4n) is 3.16. The fourth-order valence-corrected chi connectivity index (χ4v) is 3.16. The number of aromatic nitrogens is 1. The van der Waals surface area contributed by atoms with Crippen molar-refractivity contribution in [2.75, 3.05) is 23.1 Å². The molecule has 0 spiro atoms. The van der Waals surface area contributed by atoms with E-state index < -0.39 is 12.0 Å². The lowest BCUT2D eigenvalue weighted by atomic mass is 10.1. The van der Waals surface area contributed by atoms with Gasteiger partial charge in [-0.05, 0) is 54.6 Å². The third-order valence-electron chi connectivity index (χ3n) is 4.65. The average molecular weight is 418 g/mol. The zero-order valence-corrected chi connectivity index (χ0v) is 16.4. The number of carbonyl (C=O) groups is 3. The van der Waals surface area contributed by atoms with Crippen LogP contribution in [-0.4, -0.2) is 35.1 Å². The van der Waals surface area contributed by atoms with Gasteiger partial charge in [0.05, 0.1) is 18.4 Å². The number of urea groups is 1. The van der Waals surface area contributed by atoms with E-state index in [9.17, 15) is 14.4 Å². The van der Waals surface area contributed by atoms with Gasteiger partial charge >= 0.3 is 12.0 Å². The van der Waals surface area contributed by atoms with Gasteiger partial charge in [-0.15, -0.1) is 0 Å². The van der Waals surface area contributed by atoms with Gasteiger partial charge in [-0.1, -0.05) is 6.07 Å². The first-order valence-corrected chi connectivity index (χ1v) is 9.25. The highest BCUT2D eigenvalue weighted by molar-refractivity contribution is 6.35. The second-order valence-corrected chi connectivity index (χ2v) is 6.71. The summed E-state index contributed by atoms with van der Waals surface area (Å²) in [6, 6.07) is 14.5. The maximum Gasteiger partial charge on any atom is 0.352 e. The van der Waals surface area contributed by atoms with Gasteiger partial charge in [0.25, 0.3) is 5.91 Å². The number of aromatic carboxylic acids is 1. The Labute approximate surface area is 176 Å². The molecule has 9 heteroatoms. The number of benzene rings is 2. The molecule has 4 rings (SSSR count). The maximum absolute atomic E-state index is 12.4. The molecule has 2 heterocycles. The summed E-state index contributed by atoms with van der Waals surface area (Å²) in [6.07, 6.45) is 1.58. The summed E-state index contributed by atoms with van der Waals surface area (Å²) in [5.74, 6) is -0.714. The number of anilines is 3. The molecule has 0 radical (unpaired) electrons. The summed E-state index contributed by atoms with van der Waals surface area (Å²) in [4.78, 5) is 38.4. The molecule has 0 fully saturated rings. The van der Waals surface area contributed by atoms with Crippen LogP contribution >= 0.6 is 0 Å². The Kier molecular flexibility index (Phi) is 5.15. The Morgan fingerprint density at radius 2 is 1.71 bits per heavy atom. The molecule has 0 saturated carbocycles. The molecule has 0 aliphatic carbocycles. The number of methoxy groups -OCH3 is 1. The lowest BCUT2D eigenvalue weighted by molar-refractivity contribution is -0.110. The van der Waals surface area contributed by atoms with E-state index in [1.165, 1.54) is 6.07 Å². The summed E-state index contributed by atoms with van der Waals surface area (Å²) in [5.41, 5.74) is 3.22. The quantitative estimate of drug-likeness (QED) is 0.401. The smallest absolute Gasteiger partial charge is 0.352 e. The summed E-state index contributed by atoms with van der Waals surface area (Å²) in [7, 11) is 1.56. The van der Waals surface area contributed by atoms with Crippen molar-refractivity contribution in [3.63, 3.8) is 0 Å². The molecule has 1 aromatic heterocycles. The number of hydrogen-bond acceptors (Lipinski definition) is 4. The van der Waals surface area contributed by atoms with E-state index >= 15 is 0 Å². The first-order valence-electron chi connectivity index (χ1n) is 9.25. The van der Waals surface area contributed by atoms with Crippen molar-refractivity contribution >= 4 is 46.6 Å². The molecule has 5 N–H and O–H groups in total. The number of fused-ring (bicyclic) bond motifs is 1. The number of amides is 3. The van der Waals surface area contributed by atoms with Gasteiger partial charge in [0, 0.05) is 22.6 Å². The highest BCUT2D eigenvalue weighted by Gasteiger charge is 2.24. The minimum absolute atomic E-state index is 0.0351. The predicted octanol–water partition coefficient (Wildman–Crippen LogP) is 3.86. The van der Waals surface area contributed by atoms with Gasteiger partial charge < -0.3 is 30.8 Å². The summed E-state index contributed by atoms with van der Waals surface area (Å²) in [5, 5.41) is 17.2. The van der Waals surface area contributed by atoms with Crippen molar-refractivity contribution < 1.29 is 24.2 Å². The normalized spacial score (nSPS) is 13.5. The van der Waals surface area contributed by atoms with E-state index in [-0.39, 0.29) is 11.6 Å². The summed E-state index contributed by atoms with van der Waals surface area (Å²) >= 11 is 0. The molecule has 3 aromatic rings. The van der Waals surface area contributed by atoms with E-state index in [0.717, 1.165) is 0 Å². The van der Waals surface area contributed by atoms with Crippen LogP contribution in [0.15, 0.2) is 54.6 Å². The van der Waals surface area contributed by atoms with Crippen LogP contribution < -0.4 is 20.7 Å². The molecule has 156 valence electrons. The average Bonchev–Trinajstić information content (AvgIpc) is 3.33. The number of hydrogen-bond donors (Lipinski definition) is 5. The number of carboxylic acid groups (broad SMARTS) is 1. The van der Waals surface area contributed by atoms with Gasteiger partial charge in [-0.25, -0.2) is 9.59 Å². The van der Waals surface area contributed by atoms with Crippen LogP contribution in [0.5, 0.6) is 5.75 Å². The van der Waals surface area contributed by atoms with Crippen LogP contribution in [0.4, 0.5) is 21.9 Å². The van der Waals surface area contributed by atoms with Crippen LogP contribution in [0.2, 0.25) is 0 Å². The molecular weight excluding hydrogens is 400 g/mol. The molecule has 9 nitrogen and oxygen atoms in total. The van der Waals surface area contributed by atoms with Crippen molar-refractivity contribution in [2.45, 2.75) is 0 Å². The SMILES string of the molecule is COc1ccc(NC(=O)Nc2ccc3c(c2)NC(=O)/C3=C\c2ccc(C(=O)O)[nH]2)cc1. The van der Waals surface area contributed by atoms with Crippen molar-refractivity contribution in [3.8, 4) is 5.75 Å². The van der Waals surface area contributed by atoms with Crippen LogP contribution in [0.3, 0.4) is 0 Å². The van der Waals surface area contributed by atoms with Gasteiger partial charge in [-0.3, -0.25) is 4.79 Å². The van der Waals surface area contributed by atoms with Crippen molar-refractivity contribution in [2.24, 2.45) is 0 Å². The van der Waals surface area contributed by atoms with Crippen LogP contribution in [-0.2, 0) is 4.79 Å². The molecule has 0 bridgehead atoms. The summed E-state index contributed by atoms with van der Waals surface area (Å²) < 4.78 is 5.08. The van der Waals surface area contributed by atoms with Gasteiger partial charge in [-0.2, -0.15) is 0 Å². The van der Waals surface area contributed by atoms with E-state index in [0.29, 0.717) is 39.6 Å². The zero-order chi connectivity index (χ0) is 22.0. The lowest BCUT2D eigenvalue weighted by Gasteiger charge is -2.09. The van der Waals surface area contributed by atoms with Crippen molar-refractivity contribution in [1.29, 1.82) is 0 Å². The van der Waals surface area contributed by atoms with Crippen LogP contribution in [0, 0.1) is 0 Å². The van der Waals surface area contributed by atoms with E-state index in [1.807, 2.05) is 0 Å². The molecular formula is C22H18N4O5. The van der Waals surface area contributed by atoms with Gasteiger partial charge in [0.15, 0.2) is 0 Å². The number of carbonyl (C=O) groups excluding carboxylic acids is 2. The number of nitrogens with one attached hydrogen (secondary N) is 4. The zero-order valence-electron chi connectivity index (χ0n) is 16.4. The molecule has 1 aliphatic rings. The minimum Gasteiger partial charge on any atom is -0.497 e. The van der Waals surface area contributed by atoms with Crippen LogP contribution in [0.1, 0.15) is 21.7 Å². The monoisotopic (exact) mass is 418 g/mol. The number of H-pyrrole nitrogens is 1. The number of aromatic amines is 1. The Morgan fingerprint density at radius 3 is 2.39 bits per heavy atom. The Hall–Kier alpha value is -4.53. The fraction of sp³-hybridized carbons (Fsp3) is 0.0455. The first kappa shape index (κ1) is 19.8. The molecule has 0 saturated heterocycles. The molecule has 0 atom stereocenters. The lowest BCUT2D eigenvalue weighted by Crippen LogP contribution is -2.19. The third-order valence-corrected chi connectivity index (χ3v) is 4.65. The molecule has 0 unspecified atom stereocenters. The highest BCUT2D eigenvalue weighted by atomic mass is 16.5. The topological polar surface area (TPSA) is 133 Å². The van der Waals surface area contributed by atoms with E-state index in [4.69, 9.17) is 9.84 Å². The molecule has 31 heavy (non-hydrogen) atoms. The number of ether oxygens (including phenoxy) is 1. The van der Waals surface area contributed by atoms with Crippen LogP contribution in [0.25, 0.3) is 11.6 Å². The van der Waals surface area contributed by atoms with Crippen molar-refractivity contribution in [1.82, 2.24) is 4.98 Å². The number of rotatable bonds is 5. The second kappa shape index (κ2) is 8.07. The Morgan fingerprint density at radius 1 is 1.00 bits per heavy atom. The standard InChI is InChI=1S/C22H18N4O5/c1-31-15-6-2-12(3-7-15)24-22(30)25-14-4-8-16-17(20(27)26-19(16)11-14)10-13-5-9-18(23-13)21(28)29/h2-11,23H,1H3,(H,26,27)(H,28,29)(H2,24,25,30)/b17-10-. The summed E-state index contributed by atoms with van der Waals surface area (Å²) in [6.45, 7) is 0. The molecule has 1 aliphatic heterocycles. The Bertz CT molecular complexity index is 1210. The predicted molar refractivity (Wildman–Crippen MR) is 116 cm³/mol. The Balaban J connectivity index is 1.49. The second-order valence-electron chi connectivity index (χ2n) is 6.71. The number of carboxylic acids is 1. The molecule has 2 aromatic carbocycles. The third kappa shape index (κ3) is 4.25. The van der Waals surface area contributed by atoms with E-state index in [1.54, 1.807) is 61.7 Å². The largest absolute Gasteiger partial charge is 0.497 e. The van der Waals surface area contributed by atoms with Gasteiger partial charge in [0.2, 0.25) is 0 Å². The van der Waals surface area contributed by atoms with Gasteiger partial charge in [0.1, 0.15) is 11.4 Å². The minimum atomic E-state index is -1.08. The van der Waals surface area contributed by atoms with E-state index in [2.05, 4.69) is 20.9 Å². The maximum atomic E-state index is 12.4. The highest BCUT2D eigenvalue weighted by Crippen LogP contribution is 2.35.